The molecule has 1 aliphatic heterocycles. The summed E-state index contributed by atoms with van der Waals surface area (Å²) in [5.41, 5.74) is 2.23. The first-order chi connectivity index (χ1) is 10.0. The summed E-state index contributed by atoms with van der Waals surface area (Å²) in [4.78, 5) is 24.1. The predicted octanol–water partition coefficient (Wildman–Crippen LogP) is 1.21. The van der Waals surface area contributed by atoms with E-state index in [0.717, 1.165) is 16.9 Å². The van der Waals surface area contributed by atoms with Crippen molar-refractivity contribution in [1.82, 2.24) is 15.5 Å². The summed E-state index contributed by atoms with van der Waals surface area (Å²) >= 11 is 0. The number of nitrogens with one attached hydrogen (secondary N) is 2. The second-order valence-electron chi connectivity index (χ2n) is 5.11. The fourth-order valence-electron chi connectivity index (χ4n) is 2.36. The molecule has 1 heterocycles. The van der Waals surface area contributed by atoms with E-state index >= 15 is 0 Å². The van der Waals surface area contributed by atoms with Crippen LogP contribution in [0, 0.1) is 6.92 Å². The molecule has 2 N–H and O–H groups in total. The van der Waals surface area contributed by atoms with Crippen LogP contribution in [0.1, 0.15) is 24.1 Å². The Bertz CT molecular complexity index is 529. The Labute approximate surface area is 124 Å². The zero-order valence-corrected chi connectivity index (χ0v) is 12.6. The number of carbonyl (C=O) groups is 2. The fourth-order valence-corrected chi connectivity index (χ4v) is 2.36. The molecule has 6 heteroatoms. The number of carbonyl (C=O) groups excluding carboxylic acids is 2. The van der Waals surface area contributed by atoms with Crippen molar-refractivity contribution in [3.8, 4) is 5.75 Å². The van der Waals surface area contributed by atoms with Crippen LogP contribution in [-0.4, -0.2) is 43.6 Å². The zero-order chi connectivity index (χ0) is 15.4. The third-order valence-electron chi connectivity index (χ3n) is 3.64. The van der Waals surface area contributed by atoms with E-state index in [2.05, 4.69) is 16.7 Å². The Morgan fingerprint density at radius 2 is 2.19 bits per heavy atom. The second kappa shape index (κ2) is 6.58. The zero-order valence-electron chi connectivity index (χ0n) is 12.6. The van der Waals surface area contributed by atoms with E-state index in [4.69, 9.17) is 4.74 Å². The van der Waals surface area contributed by atoms with Gasteiger partial charge in [-0.15, -0.1) is 0 Å². The maximum Gasteiger partial charge on any atom is 0.324 e. The van der Waals surface area contributed by atoms with Gasteiger partial charge >= 0.3 is 6.03 Å². The molecule has 0 bridgehead atoms. The van der Waals surface area contributed by atoms with Crippen molar-refractivity contribution in [2.24, 2.45) is 0 Å². The molecular weight excluding hydrogens is 270 g/mol. The third kappa shape index (κ3) is 3.52. The SMILES string of the molecule is COc1ccc([C@H](C)NCCN2C(=O)CNC2=O)cc1C. The molecule has 1 aliphatic rings. The maximum atomic E-state index is 11.4. The van der Waals surface area contributed by atoms with Gasteiger partial charge in [0.15, 0.2) is 0 Å². The number of ether oxygens (including phenoxy) is 1. The van der Waals surface area contributed by atoms with Gasteiger partial charge in [-0.1, -0.05) is 12.1 Å². The van der Waals surface area contributed by atoms with E-state index in [1.165, 1.54) is 4.90 Å². The van der Waals surface area contributed by atoms with Crippen molar-refractivity contribution in [3.05, 3.63) is 29.3 Å². The number of amides is 3. The number of hydrogen-bond acceptors (Lipinski definition) is 4. The van der Waals surface area contributed by atoms with E-state index in [0.29, 0.717) is 13.1 Å². The van der Waals surface area contributed by atoms with Crippen molar-refractivity contribution in [3.63, 3.8) is 0 Å². The van der Waals surface area contributed by atoms with Crippen LogP contribution in [0.3, 0.4) is 0 Å². The first-order valence-electron chi connectivity index (χ1n) is 6.99. The summed E-state index contributed by atoms with van der Waals surface area (Å²) in [5.74, 6) is 0.694. The molecule has 1 aromatic carbocycles. The Morgan fingerprint density at radius 3 is 2.76 bits per heavy atom. The Kier molecular flexibility index (Phi) is 4.80. The fraction of sp³-hybridized carbons (Fsp3) is 0.467. The minimum atomic E-state index is -0.310. The molecule has 0 aromatic heterocycles. The Morgan fingerprint density at radius 1 is 1.43 bits per heavy atom. The van der Waals surface area contributed by atoms with E-state index in [-0.39, 0.29) is 24.5 Å². The molecule has 3 amide bonds. The molecular formula is C15H21N3O3. The summed E-state index contributed by atoms with van der Waals surface area (Å²) in [5, 5.41) is 5.82. The second-order valence-corrected chi connectivity index (χ2v) is 5.11. The standard InChI is InChI=1S/C15H21N3O3/c1-10-8-12(4-5-13(10)21-3)11(2)16-6-7-18-14(19)9-17-15(18)20/h4-5,8,11,16H,6-7,9H2,1-3H3,(H,17,20)/t11-/m0/s1. The van der Waals surface area contributed by atoms with Crippen LogP contribution in [0.2, 0.25) is 0 Å². The highest BCUT2D eigenvalue weighted by Gasteiger charge is 2.27. The van der Waals surface area contributed by atoms with Crippen LogP contribution < -0.4 is 15.4 Å². The molecule has 21 heavy (non-hydrogen) atoms. The molecule has 114 valence electrons. The lowest BCUT2D eigenvalue weighted by Gasteiger charge is -2.18. The van der Waals surface area contributed by atoms with Crippen LogP contribution in [0.4, 0.5) is 4.79 Å². The average Bonchev–Trinajstić information content (AvgIpc) is 2.78. The average molecular weight is 291 g/mol. The highest BCUT2D eigenvalue weighted by molar-refractivity contribution is 6.01. The number of urea groups is 1. The van der Waals surface area contributed by atoms with E-state index in [1.807, 2.05) is 26.0 Å². The van der Waals surface area contributed by atoms with Gasteiger partial charge in [0.1, 0.15) is 5.75 Å². The molecule has 0 unspecified atom stereocenters. The number of benzene rings is 1. The van der Waals surface area contributed by atoms with Gasteiger partial charge in [-0.3, -0.25) is 9.69 Å². The van der Waals surface area contributed by atoms with Gasteiger partial charge in [-0.05, 0) is 31.0 Å². The van der Waals surface area contributed by atoms with Crippen LogP contribution in [0.25, 0.3) is 0 Å². The molecule has 0 saturated carbocycles. The van der Waals surface area contributed by atoms with Crippen LogP contribution in [0.15, 0.2) is 18.2 Å². The molecule has 1 saturated heterocycles. The predicted molar refractivity (Wildman–Crippen MR) is 79.3 cm³/mol. The maximum absolute atomic E-state index is 11.4. The van der Waals surface area contributed by atoms with Crippen molar-refractivity contribution in [2.75, 3.05) is 26.7 Å². The number of nitrogens with zero attached hydrogens (tertiary/aromatic N) is 1. The number of imide groups is 1. The van der Waals surface area contributed by atoms with Gasteiger partial charge in [-0.25, -0.2) is 4.79 Å². The summed E-state index contributed by atoms with van der Waals surface area (Å²) in [6.07, 6.45) is 0. The third-order valence-corrected chi connectivity index (χ3v) is 3.64. The molecule has 1 aromatic rings. The van der Waals surface area contributed by atoms with Crippen molar-refractivity contribution < 1.29 is 14.3 Å². The number of methoxy groups -OCH3 is 1. The van der Waals surface area contributed by atoms with E-state index in [1.54, 1.807) is 7.11 Å². The molecule has 0 radical (unpaired) electrons. The number of rotatable bonds is 6. The highest BCUT2D eigenvalue weighted by Crippen LogP contribution is 2.22. The van der Waals surface area contributed by atoms with Gasteiger partial charge in [0.2, 0.25) is 5.91 Å². The quantitative estimate of drug-likeness (QED) is 0.773. The van der Waals surface area contributed by atoms with Gasteiger partial charge in [0.25, 0.3) is 0 Å². The topological polar surface area (TPSA) is 70.7 Å². The van der Waals surface area contributed by atoms with Gasteiger partial charge < -0.3 is 15.4 Å². The molecule has 1 fully saturated rings. The minimum Gasteiger partial charge on any atom is -0.496 e. The summed E-state index contributed by atoms with van der Waals surface area (Å²) in [6, 6.07) is 5.85. The Balaban J connectivity index is 1.87. The van der Waals surface area contributed by atoms with Gasteiger partial charge in [-0.2, -0.15) is 0 Å². The van der Waals surface area contributed by atoms with Gasteiger partial charge in [0.05, 0.1) is 13.7 Å². The van der Waals surface area contributed by atoms with E-state index in [9.17, 15) is 9.59 Å². The largest absolute Gasteiger partial charge is 0.496 e. The smallest absolute Gasteiger partial charge is 0.324 e. The van der Waals surface area contributed by atoms with Crippen LogP contribution in [-0.2, 0) is 4.79 Å². The molecule has 0 spiro atoms. The minimum absolute atomic E-state index is 0.103. The lowest BCUT2D eigenvalue weighted by atomic mass is 10.1. The summed E-state index contributed by atoms with van der Waals surface area (Å²) in [6.45, 7) is 5.09. The van der Waals surface area contributed by atoms with Crippen LogP contribution >= 0.6 is 0 Å². The van der Waals surface area contributed by atoms with Crippen LogP contribution in [0.5, 0.6) is 5.75 Å². The van der Waals surface area contributed by atoms with Gasteiger partial charge in [0, 0.05) is 19.1 Å². The molecule has 1 atom stereocenters. The van der Waals surface area contributed by atoms with Crippen molar-refractivity contribution in [1.29, 1.82) is 0 Å². The Hall–Kier alpha value is -2.08. The lowest BCUT2D eigenvalue weighted by molar-refractivity contribution is -0.124. The summed E-state index contributed by atoms with van der Waals surface area (Å²) < 4.78 is 5.24. The first-order valence-corrected chi connectivity index (χ1v) is 6.99. The summed E-state index contributed by atoms with van der Waals surface area (Å²) in [7, 11) is 1.65. The monoisotopic (exact) mass is 291 g/mol. The van der Waals surface area contributed by atoms with E-state index < -0.39 is 0 Å². The number of hydrogen-bond donors (Lipinski definition) is 2. The first kappa shape index (κ1) is 15.3. The molecule has 0 aliphatic carbocycles. The molecule has 2 rings (SSSR count). The normalized spacial score (nSPS) is 16.0. The molecule has 6 nitrogen and oxygen atoms in total. The van der Waals surface area contributed by atoms with Crippen molar-refractivity contribution in [2.45, 2.75) is 19.9 Å². The lowest BCUT2D eigenvalue weighted by Crippen LogP contribution is -2.37. The van der Waals surface area contributed by atoms with Crippen molar-refractivity contribution >= 4 is 11.9 Å². The number of aryl methyl sites for hydroxylation is 1. The highest BCUT2D eigenvalue weighted by atomic mass is 16.5.